The fourth-order valence-corrected chi connectivity index (χ4v) is 3.33. The minimum absolute atomic E-state index is 0.0668. The molecule has 146 valence electrons. The van der Waals surface area contributed by atoms with Crippen molar-refractivity contribution < 1.29 is 18.0 Å². The van der Waals surface area contributed by atoms with Crippen LogP contribution in [0.25, 0.3) is 4.85 Å². The summed E-state index contributed by atoms with van der Waals surface area (Å²) in [5.41, 5.74) is 0.955. The molecule has 3 rings (SSSR count). The third-order valence-corrected chi connectivity index (χ3v) is 4.96. The molecule has 1 heterocycles. The summed E-state index contributed by atoms with van der Waals surface area (Å²) < 4.78 is 39.5. The van der Waals surface area contributed by atoms with Gasteiger partial charge in [0.25, 0.3) is 0 Å². The standard InChI is InChI=1S/C21H20F3N3O/c1-14-3-5-16(6-4-14)26-20(28)15-9-11-27(12-10-15)17-7-8-19(25-2)18(13-17)21(22,23)24/h3-8,13,15H,9-12H2,1H3,(H,26,28). The third-order valence-electron chi connectivity index (χ3n) is 4.96. The van der Waals surface area contributed by atoms with Crippen molar-refractivity contribution in [2.45, 2.75) is 25.9 Å². The Labute approximate surface area is 161 Å². The number of aryl methyl sites for hydroxylation is 1. The number of carbonyl (C=O) groups is 1. The van der Waals surface area contributed by atoms with Crippen molar-refractivity contribution in [1.29, 1.82) is 0 Å². The lowest BCUT2D eigenvalue weighted by Gasteiger charge is -2.33. The number of nitrogens with one attached hydrogen (secondary N) is 1. The van der Waals surface area contributed by atoms with Gasteiger partial charge in [0.05, 0.1) is 12.1 Å². The molecule has 0 bridgehead atoms. The van der Waals surface area contributed by atoms with E-state index in [0.717, 1.165) is 17.3 Å². The Kier molecular flexibility index (Phi) is 5.59. The summed E-state index contributed by atoms with van der Waals surface area (Å²) in [5.74, 6) is -0.245. The SMILES string of the molecule is [C-]#[N+]c1ccc(N2CCC(C(=O)Nc3ccc(C)cc3)CC2)cc1C(F)(F)F. The van der Waals surface area contributed by atoms with E-state index in [1.165, 1.54) is 12.1 Å². The van der Waals surface area contributed by atoms with Gasteiger partial charge in [0.15, 0.2) is 5.69 Å². The molecule has 1 amide bonds. The van der Waals surface area contributed by atoms with Crippen LogP contribution >= 0.6 is 0 Å². The van der Waals surface area contributed by atoms with Crippen LogP contribution in [0.1, 0.15) is 24.0 Å². The van der Waals surface area contributed by atoms with Gasteiger partial charge in [-0.15, -0.1) is 0 Å². The zero-order valence-electron chi connectivity index (χ0n) is 15.4. The molecule has 4 nitrogen and oxygen atoms in total. The number of rotatable bonds is 3. The number of piperidine rings is 1. The second-order valence-corrected chi connectivity index (χ2v) is 6.93. The van der Waals surface area contributed by atoms with Crippen molar-refractivity contribution >= 4 is 23.0 Å². The van der Waals surface area contributed by atoms with E-state index in [0.29, 0.717) is 31.6 Å². The molecule has 0 aliphatic carbocycles. The fourth-order valence-electron chi connectivity index (χ4n) is 3.33. The molecule has 0 atom stereocenters. The first-order valence-electron chi connectivity index (χ1n) is 8.99. The van der Waals surface area contributed by atoms with E-state index in [1.54, 1.807) is 0 Å². The molecule has 2 aromatic carbocycles. The van der Waals surface area contributed by atoms with Gasteiger partial charge in [0, 0.05) is 30.4 Å². The lowest BCUT2D eigenvalue weighted by Crippen LogP contribution is -2.38. The highest BCUT2D eigenvalue weighted by Crippen LogP contribution is 2.39. The van der Waals surface area contributed by atoms with E-state index in [2.05, 4.69) is 10.2 Å². The highest BCUT2D eigenvalue weighted by atomic mass is 19.4. The smallest absolute Gasteiger partial charge is 0.372 e. The number of amides is 1. The minimum atomic E-state index is -4.57. The van der Waals surface area contributed by atoms with Gasteiger partial charge in [-0.1, -0.05) is 23.8 Å². The Hall–Kier alpha value is -3.01. The first-order chi connectivity index (χ1) is 13.3. The van der Waals surface area contributed by atoms with Gasteiger partial charge in [-0.05, 0) is 44.0 Å². The molecule has 28 heavy (non-hydrogen) atoms. The summed E-state index contributed by atoms with van der Waals surface area (Å²) >= 11 is 0. The number of hydrogen-bond donors (Lipinski definition) is 1. The molecule has 2 aromatic rings. The Bertz CT molecular complexity index is 893. The van der Waals surface area contributed by atoms with Crippen molar-refractivity contribution in [2.75, 3.05) is 23.3 Å². The number of carbonyl (C=O) groups excluding carboxylic acids is 1. The molecule has 1 aliphatic heterocycles. The van der Waals surface area contributed by atoms with Crippen LogP contribution in [0.3, 0.4) is 0 Å². The average Bonchev–Trinajstić information content (AvgIpc) is 2.68. The molecule has 0 spiro atoms. The van der Waals surface area contributed by atoms with Crippen LogP contribution in [-0.4, -0.2) is 19.0 Å². The zero-order chi connectivity index (χ0) is 20.3. The molecular weight excluding hydrogens is 367 g/mol. The van der Waals surface area contributed by atoms with E-state index >= 15 is 0 Å². The van der Waals surface area contributed by atoms with Gasteiger partial charge in [-0.2, -0.15) is 13.2 Å². The predicted octanol–water partition coefficient (Wildman–Crippen LogP) is 5.42. The van der Waals surface area contributed by atoms with Crippen molar-refractivity contribution in [2.24, 2.45) is 5.92 Å². The Balaban J connectivity index is 1.64. The summed E-state index contributed by atoms with van der Waals surface area (Å²) in [6.45, 7) is 9.87. The van der Waals surface area contributed by atoms with Crippen LogP contribution in [0.4, 0.5) is 30.2 Å². The third kappa shape index (κ3) is 4.45. The number of anilines is 2. The zero-order valence-corrected chi connectivity index (χ0v) is 15.4. The number of nitrogens with zero attached hydrogens (tertiary/aromatic N) is 2. The highest BCUT2D eigenvalue weighted by molar-refractivity contribution is 5.92. The molecule has 0 unspecified atom stereocenters. The fraction of sp³-hybridized carbons (Fsp3) is 0.333. The lowest BCUT2D eigenvalue weighted by atomic mass is 9.95. The molecule has 1 N–H and O–H groups in total. The number of hydrogen-bond acceptors (Lipinski definition) is 2. The van der Waals surface area contributed by atoms with Crippen molar-refractivity contribution in [1.82, 2.24) is 0 Å². The highest BCUT2D eigenvalue weighted by Gasteiger charge is 2.34. The van der Waals surface area contributed by atoms with Crippen LogP contribution in [0.2, 0.25) is 0 Å². The van der Waals surface area contributed by atoms with E-state index in [9.17, 15) is 18.0 Å². The first-order valence-corrected chi connectivity index (χ1v) is 8.99. The number of benzene rings is 2. The second-order valence-electron chi connectivity index (χ2n) is 6.93. The molecule has 7 heteroatoms. The lowest BCUT2D eigenvalue weighted by molar-refractivity contribution is -0.136. The van der Waals surface area contributed by atoms with E-state index in [1.807, 2.05) is 36.1 Å². The largest absolute Gasteiger partial charge is 0.407 e. The topological polar surface area (TPSA) is 36.7 Å². The first kappa shape index (κ1) is 19.7. The van der Waals surface area contributed by atoms with Gasteiger partial charge >= 0.3 is 6.18 Å². The Morgan fingerprint density at radius 2 is 1.79 bits per heavy atom. The van der Waals surface area contributed by atoms with Gasteiger partial charge in [0.2, 0.25) is 5.91 Å². The average molecular weight is 387 g/mol. The summed E-state index contributed by atoms with van der Waals surface area (Å²) in [4.78, 5) is 17.2. The van der Waals surface area contributed by atoms with Gasteiger partial charge in [0.1, 0.15) is 0 Å². The van der Waals surface area contributed by atoms with Crippen LogP contribution in [0.5, 0.6) is 0 Å². The predicted molar refractivity (Wildman–Crippen MR) is 102 cm³/mol. The number of alkyl halides is 3. The van der Waals surface area contributed by atoms with Gasteiger partial charge in [-0.25, -0.2) is 4.85 Å². The van der Waals surface area contributed by atoms with E-state index < -0.39 is 17.4 Å². The van der Waals surface area contributed by atoms with Crippen LogP contribution in [0, 0.1) is 19.4 Å². The minimum Gasteiger partial charge on any atom is -0.372 e. The van der Waals surface area contributed by atoms with E-state index in [-0.39, 0.29) is 11.8 Å². The van der Waals surface area contributed by atoms with Crippen LogP contribution in [0.15, 0.2) is 42.5 Å². The molecule has 0 radical (unpaired) electrons. The summed E-state index contributed by atoms with van der Waals surface area (Å²) in [7, 11) is 0. The molecule has 0 aromatic heterocycles. The maximum absolute atomic E-state index is 13.2. The van der Waals surface area contributed by atoms with Crippen molar-refractivity contribution in [3.05, 3.63) is 65.0 Å². The maximum atomic E-state index is 13.2. The summed E-state index contributed by atoms with van der Waals surface area (Å²) in [6.07, 6.45) is -3.45. The monoisotopic (exact) mass is 387 g/mol. The van der Waals surface area contributed by atoms with Gasteiger partial charge < -0.3 is 10.2 Å². The van der Waals surface area contributed by atoms with Crippen molar-refractivity contribution in [3.63, 3.8) is 0 Å². The van der Waals surface area contributed by atoms with Gasteiger partial charge in [-0.3, -0.25) is 4.79 Å². The molecule has 1 fully saturated rings. The second kappa shape index (κ2) is 7.93. The van der Waals surface area contributed by atoms with Crippen LogP contribution in [-0.2, 0) is 11.0 Å². The summed E-state index contributed by atoms with van der Waals surface area (Å²) in [5, 5.41) is 2.90. The molecule has 0 saturated carbocycles. The maximum Gasteiger partial charge on any atom is 0.407 e. The quantitative estimate of drug-likeness (QED) is 0.714. The normalized spacial score (nSPS) is 15.2. The van der Waals surface area contributed by atoms with Crippen molar-refractivity contribution in [3.8, 4) is 0 Å². The Morgan fingerprint density at radius 3 is 2.36 bits per heavy atom. The summed E-state index contributed by atoms with van der Waals surface area (Å²) in [6, 6.07) is 11.3. The van der Waals surface area contributed by atoms with Crippen LogP contribution < -0.4 is 10.2 Å². The number of halogens is 3. The van der Waals surface area contributed by atoms with E-state index in [4.69, 9.17) is 6.57 Å². The molecular formula is C21H20F3N3O. The molecule has 1 aliphatic rings. The molecule has 1 saturated heterocycles. The Morgan fingerprint density at radius 1 is 1.14 bits per heavy atom.